The molecule has 0 aliphatic rings. The van der Waals surface area contributed by atoms with Crippen LogP contribution < -0.4 is 0 Å². The summed E-state index contributed by atoms with van der Waals surface area (Å²) in [5.74, 6) is -0.935. The standard InChI is InChI=1S/C4H6O2.C3H2F4/c1-3(2)4(5)6;4-2(5)1-3(6)7/h1H2,2H3,(H,5,6);1-2H. The summed E-state index contributed by atoms with van der Waals surface area (Å²) in [5, 5.41) is 7.89. The topological polar surface area (TPSA) is 37.3 Å². The van der Waals surface area contributed by atoms with Gasteiger partial charge in [-0.15, -0.1) is 0 Å². The van der Waals surface area contributed by atoms with Crippen molar-refractivity contribution < 1.29 is 27.5 Å². The number of allylic oxidation sites excluding steroid dienone is 1. The molecule has 0 spiro atoms. The average molecular weight is 200 g/mol. The minimum Gasteiger partial charge on any atom is -0.478 e. The maximum absolute atomic E-state index is 10.7. The molecule has 0 aromatic heterocycles. The van der Waals surface area contributed by atoms with E-state index in [1.54, 1.807) is 0 Å². The summed E-state index contributed by atoms with van der Waals surface area (Å²) in [6.45, 7) is 4.60. The number of rotatable bonds is 2. The van der Waals surface area contributed by atoms with Crippen LogP contribution in [-0.4, -0.2) is 17.5 Å². The third-order valence-corrected chi connectivity index (χ3v) is 0.617. The van der Waals surface area contributed by atoms with Gasteiger partial charge in [-0.3, -0.25) is 0 Å². The normalized spacial score (nSPS) is 8.46. The lowest BCUT2D eigenvalue weighted by molar-refractivity contribution is -0.132. The second kappa shape index (κ2) is 7.33. The van der Waals surface area contributed by atoms with Crippen molar-refractivity contribution >= 4 is 5.97 Å². The van der Waals surface area contributed by atoms with Crippen LogP contribution in [0.2, 0.25) is 0 Å². The van der Waals surface area contributed by atoms with Gasteiger partial charge in [-0.25, -0.2) is 13.6 Å². The van der Waals surface area contributed by atoms with E-state index in [1.165, 1.54) is 6.92 Å². The molecule has 0 saturated heterocycles. The van der Waals surface area contributed by atoms with Crippen LogP contribution in [0.5, 0.6) is 0 Å². The summed E-state index contributed by atoms with van der Waals surface area (Å²) >= 11 is 0. The molecule has 0 atom stereocenters. The Hall–Kier alpha value is -1.33. The molecule has 1 N–H and O–H groups in total. The van der Waals surface area contributed by atoms with Gasteiger partial charge in [0.05, 0.1) is 0 Å². The first-order valence-corrected chi connectivity index (χ1v) is 2.97. The molecule has 0 heterocycles. The van der Waals surface area contributed by atoms with Gasteiger partial charge in [-0.05, 0) is 6.92 Å². The van der Waals surface area contributed by atoms with Gasteiger partial charge in [0, 0.05) is 11.6 Å². The van der Waals surface area contributed by atoms with Gasteiger partial charge in [-0.2, -0.15) is 8.78 Å². The smallest absolute Gasteiger partial charge is 0.330 e. The molecule has 13 heavy (non-hydrogen) atoms. The molecule has 2 nitrogen and oxygen atoms in total. The Balaban J connectivity index is 0. The maximum atomic E-state index is 10.7. The van der Waals surface area contributed by atoms with E-state index in [1.807, 2.05) is 0 Å². The monoisotopic (exact) mass is 200 g/mol. The molecule has 6 heteroatoms. The minimum absolute atomic E-state index is 0.176. The fraction of sp³-hybridized carbons (Fsp3) is 0.286. The van der Waals surface area contributed by atoms with Crippen LogP contribution in [0.25, 0.3) is 0 Å². The zero-order chi connectivity index (χ0) is 11.0. The summed E-state index contributed by atoms with van der Waals surface area (Å²) < 4.78 is 42.8. The Morgan fingerprint density at radius 1 is 1.46 bits per heavy atom. The molecular formula is C7H8F4O2. The molecule has 0 rings (SSSR count). The largest absolute Gasteiger partial charge is 0.478 e. The van der Waals surface area contributed by atoms with Crippen molar-refractivity contribution in [3.8, 4) is 0 Å². The van der Waals surface area contributed by atoms with Crippen LogP contribution in [0.3, 0.4) is 0 Å². The molecule has 0 unspecified atom stereocenters. The highest BCUT2D eigenvalue weighted by atomic mass is 19.3. The summed E-state index contributed by atoms with van der Waals surface area (Å²) in [6.07, 6.45) is -5.79. The minimum atomic E-state index is -3.04. The molecule has 0 aliphatic carbocycles. The number of carbonyl (C=O) groups is 1. The molecule has 0 amide bonds. The zero-order valence-corrected chi connectivity index (χ0v) is 6.73. The van der Waals surface area contributed by atoms with Crippen molar-refractivity contribution in [1.29, 1.82) is 0 Å². The summed E-state index contributed by atoms with van der Waals surface area (Å²) in [5.41, 5.74) is 0.176. The third-order valence-electron chi connectivity index (χ3n) is 0.617. The Morgan fingerprint density at radius 2 is 1.77 bits per heavy atom. The molecule has 0 aromatic rings. The van der Waals surface area contributed by atoms with Crippen molar-refractivity contribution in [3.63, 3.8) is 0 Å². The average Bonchev–Trinajstić information content (AvgIpc) is 1.84. The predicted molar refractivity (Wildman–Crippen MR) is 38.8 cm³/mol. The molecule has 0 saturated carbocycles. The van der Waals surface area contributed by atoms with E-state index < -0.39 is 24.6 Å². The first-order valence-electron chi connectivity index (χ1n) is 2.97. The first-order chi connectivity index (χ1) is 5.77. The van der Waals surface area contributed by atoms with Gasteiger partial charge in [0.15, 0.2) is 0 Å². The quantitative estimate of drug-likeness (QED) is 0.549. The van der Waals surface area contributed by atoms with Crippen molar-refractivity contribution in [2.75, 3.05) is 0 Å². The number of alkyl halides is 2. The van der Waals surface area contributed by atoms with E-state index in [0.29, 0.717) is 0 Å². The molecule has 76 valence electrons. The predicted octanol–water partition coefficient (Wildman–Crippen LogP) is 2.68. The van der Waals surface area contributed by atoms with Gasteiger partial charge in [0.2, 0.25) is 0 Å². The summed E-state index contributed by atoms with van der Waals surface area (Å²) in [4.78, 5) is 9.60. The lowest BCUT2D eigenvalue weighted by Crippen LogP contribution is -1.92. The number of aliphatic carboxylic acids is 1. The number of hydrogen-bond acceptors (Lipinski definition) is 1. The van der Waals surface area contributed by atoms with E-state index in [2.05, 4.69) is 6.58 Å². The summed E-state index contributed by atoms with van der Waals surface area (Å²) in [7, 11) is 0. The summed E-state index contributed by atoms with van der Waals surface area (Å²) in [6, 6.07) is 0. The van der Waals surface area contributed by atoms with Crippen LogP contribution in [0.15, 0.2) is 24.3 Å². The van der Waals surface area contributed by atoms with E-state index in [4.69, 9.17) is 5.11 Å². The van der Waals surface area contributed by atoms with Crippen molar-refractivity contribution in [2.45, 2.75) is 13.3 Å². The van der Waals surface area contributed by atoms with Gasteiger partial charge in [0.25, 0.3) is 12.5 Å². The van der Waals surface area contributed by atoms with E-state index in [9.17, 15) is 22.4 Å². The fourth-order valence-electron chi connectivity index (χ4n) is 0.0952. The number of halogens is 4. The van der Waals surface area contributed by atoms with Crippen LogP contribution in [0.1, 0.15) is 6.92 Å². The van der Waals surface area contributed by atoms with Gasteiger partial charge < -0.3 is 5.11 Å². The molecular weight excluding hydrogens is 192 g/mol. The molecule has 0 fully saturated rings. The lowest BCUT2D eigenvalue weighted by atomic mass is 10.4. The van der Waals surface area contributed by atoms with Crippen molar-refractivity contribution in [1.82, 2.24) is 0 Å². The lowest BCUT2D eigenvalue weighted by Gasteiger charge is -1.80. The van der Waals surface area contributed by atoms with E-state index >= 15 is 0 Å². The Morgan fingerprint density at radius 3 is 1.77 bits per heavy atom. The number of carboxylic acids is 1. The highest BCUT2D eigenvalue weighted by Gasteiger charge is 1.97. The Kier molecular flexibility index (Phi) is 8.01. The molecule has 0 aromatic carbocycles. The van der Waals surface area contributed by atoms with Gasteiger partial charge in [-0.1, -0.05) is 6.58 Å². The van der Waals surface area contributed by atoms with Crippen molar-refractivity contribution in [3.05, 3.63) is 24.3 Å². The zero-order valence-electron chi connectivity index (χ0n) is 6.73. The Labute approximate surface area is 72.2 Å². The molecule has 0 radical (unpaired) electrons. The van der Waals surface area contributed by atoms with Crippen LogP contribution in [0.4, 0.5) is 17.6 Å². The highest BCUT2D eigenvalue weighted by molar-refractivity contribution is 5.84. The Bertz CT molecular complexity index is 195. The second-order valence-electron chi connectivity index (χ2n) is 1.88. The van der Waals surface area contributed by atoms with E-state index in [-0.39, 0.29) is 5.57 Å². The maximum Gasteiger partial charge on any atom is 0.330 e. The third kappa shape index (κ3) is 18.0. The van der Waals surface area contributed by atoms with Crippen LogP contribution in [0, 0.1) is 0 Å². The first kappa shape index (κ1) is 14.2. The van der Waals surface area contributed by atoms with E-state index in [0.717, 1.165) is 0 Å². The highest BCUT2D eigenvalue weighted by Crippen LogP contribution is 2.02. The SMILES string of the molecule is C=C(C)C(=O)O.FC(F)=CC(F)F. The number of hydrogen-bond donors (Lipinski definition) is 1. The van der Waals surface area contributed by atoms with Crippen LogP contribution in [-0.2, 0) is 4.79 Å². The fourth-order valence-corrected chi connectivity index (χ4v) is 0.0952. The van der Waals surface area contributed by atoms with Gasteiger partial charge in [0.1, 0.15) is 0 Å². The number of carboxylic acid groups (broad SMARTS) is 1. The van der Waals surface area contributed by atoms with Gasteiger partial charge >= 0.3 is 5.97 Å². The molecule has 0 aliphatic heterocycles. The second-order valence-corrected chi connectivity index (χ2v) is 1.88. The van der Waals surface area contributed by atoms with Crippen LogP contribution >= 0.6 is 0 Å². The molecule has 0 bridgehead atoms. The van der Waals surface area contributed by atoms with Crippen molar-refractivity contribution in [2.24, 2.45) is 0 Å².